The Hall–Kier alpha value is -6.18. The average Bonchev–Trinajstić information content (AvgIpc) is 3.56. The van der Waals surface area contributed by atoms with Gasteiger partial charge in [-0.25, -0.2) is 0 Å². The van der Waals surface area contributed by atoms with E-state index in [1.165, 1.54) is 22.3 Å². The lowest BCUT2D eigenvalue weighted by molar-refractivity contribution is 0.484. The van der Waals surface area contributed by atoms with Crippen LogP contribution >= 0.6 is 14.3 Å². The van der Waals surface area contributed by atoms with Crippen LogP contribution in [0.3, 0.4) is 0 Å². The molecule has 8 aromatic rings. The normalized spacial score (nSPS) is 15.6. The van der Waals surface area contributed by atoms with E-state index in [2.05, 4.69) is 97.1 Å². The van der Waals surface area contributed by atoms with Crippen LogP contribution in [0.25, 0.3) is 11.1 Å². The van der Waals surface area contributed by atoms with Crippen LogP contribution in [0.2, 0.25) is 0 Å². The molecule has 0 amide bonds. The molecule has 0 fully saturated rings. The highest BCUT2D eigenvalue weighted by molar-refractivity contribution is 7.86. The zero-order chi connectivity index (χ0) is 40.3. The van der Waals surface area contributed by atoms with Gasteiger partial charge in [-0.3, -0.25) is 0 Å². The summed E-state index contributed by atoms with van der Waals surface area (Å²) in [6.45, 7) is 8.12. The molecule has 59 heavy (non-hydrogen) atoms. The van der Waals surface area contributed by atoms with Crippen molar-refractivity contribution in [3.05, 3.63) is 214 Å². The first kappa shape index (κ1) is 35.9. The zero-order valence-corrected chi connectivity index (χ0v) is 35.0. The predicted molar refractivity (Wildman–Crippen MR) is 242 cm³/mol. The summed E-state index contributed by atoms with van der Waals surface area (Å²) in [6.07, 6.45) is 0. The summed E-state index contributed by atoms with van der Waals surface area (Å²) in [5, 5.41) is 4.41. The molecule has 0 N–H and O–H groups in total. The second-order valence-corrected chi connectivity index (χ2v) is 21.6. The average molecular weight is 803 g/mol. The second kappa shape index (κ2) is 12.9. The molecule has 0 saturated carbocycles. The van der Waals surface area contributed by atoms with Gasteiger partial charge >= 0.3 is 0 Å². The van der Waals surface area contributed by atoms with E-state index in [1.807, 2.05) is 100 Å². The molecule has 286 valence electrons. The van der Waals surface area contributed by atoms with E-state index >= 15 is 9.13 Å². The van der Waals surface area contributed by atoms with Gasteiger partial charge in [0.2, 0.25) is 0 Å². The number of fused-ring (bicyclic) bond motifs is 7. The number of hydrogen-bond acceptors (Lipinski definition) is 4. The minimum atomic E-state index is -3.33. The van der Waals surface area contributed by atoms with Crippen molar-refractivity contribution >= 4 is 46.1 Å². The van der Waals surface area contributed by atoms with Crippen LogP contribution in [0.5, 0.6) is 23.0 Å². The maximum Gasteiger partial charge on any atom is 0.178 e. The van der Waals surface area contributed by atoms with Gasteiger partial charge in [0.1, 0.15) is 23.0 Å². The Kier molecular flexibility index (Phi) is 7.86. The molecule has 0 spiro atoms. The van der Waals surface area contributed by atoms with Gasteiger partial charge < -0.3 is 18.6 Å². The Morgan fingerprint density at radius 2 is 0.678 bits per heavy atom. The lowest BCUT2D eigenvalue weighted by atomic mass is 9.68. The first-order valence-electron chi connectivity index (χ1n) is 20.0. The van der Waals surface area contributed by atoms with E-state index in [0.717, 1.165) is 65.2 Å². The minimum Gasteiger partial charge on any atom is -0.456 e. The van der Waals surface area contributed by atoms with Crippen LogP contribution in [-0.2, 0) is 14.5 Å². The van der Waals surface area contributed by atoms with Gasteiger partial charge in [0, 0.05) is 10.6 Å². The molecular formula is C53H40O4P2. The minimum absolute atomic E-state index is 0.633. The zero-order valence-electron chi connectivity index (χ0n) is 33.2. The Labute approximate surface area is 344 Å². The van der Waals surface area contributed by atoms with Crippen LogP contribution in [-0.4, -0.2) is 0 Å². The number of ether oxygens (including phenoxy) is 2. The van der Waals surface area contributed by atoms with Crippen molar-refractivity contribution in [1.29, 1.82) is 0 Å². The highest BCUT2D eigenvalue weighted by Gasteiger charge is 2.47. The molecule has 4 nitrogen and oxygen atoms in total. The van der Waals surface area contributed by atoms with Crippen molar-refractivity contribution in [2.45, 2.75) is 33.1 Å². The molecule has 1 aliphatic carbocycles. The van der Waals surface area contributed by atoms with E-state index in [4.69, 9.17) is 9.47 Å². The summed E-state index contributed by atoms with van der Waals surface area (Å²) in [5.74, 6) is 2.53. The fraction of sp³-hybridized carbons (Fsp3) is 0.0943. The first-order chi connectivity index (χ1) is 28.6. The van der Waals surface area contributed by atoms with Gasteiger partial charge in [-0.05, 0) is 110 Å². The fourth-order valence-electron chi connectivity index (χ4n) is 9.76. The van der Waals surface area contributed by atoms with E-state index in [-0.39, 0.29) is 0 Å². The maximum atomic E-state index is 15.9. The Morgan fingerprint density at radius 1 is 0.373 bits per heavy atom. The smallest absolute Gasteiger partial charge is 0.178 e. The maximum absolute atomic E-state index is 15.9. The lowest BCUT2D eigenvalue weighted by Gasteiger charge is -2.35. The van der Waals surface area contributed by atoms with E-state index in [0.29, 0.717) is 23.0 Å². The molecule has 3 aliphatic rings. The van der Waals surface area contributed by atoms with Crippen molar-refractivity contribution < 1.29 is 18.6 Å². The monoisotopic (exact) mass is 802 g/mol. The molecule has 0 aromatic heterocycles. The number of rotatable bonds is 4. The standard InChI is InChI=1S/C53H40O4P2/c1-33-13-25-45-49(29-33)58(54,50-30-34(2)14-26-46(50)56-45)39-21-17-37(18-22-39)53(43-11-7-5-9-41(43)42-10-6-8-12-44(42)53)38-19-23-40(24-20-38)59(55)51-31-35(3)15-27-47(51)57-48-28-16-36(4)32-52(48)59/h5-32H,1-4H3. The third-order valence-electron chi connectivity index (χ3n) is 12.5. The number of aryl methyl sites for hydroxylation is 4. The highest BCUT2D eigenvalue weighted by atomic mass is 31.2. The lowest BCUT2D eigenvalue weighted by Crippen LogP contribution is -2.33. The molecular weight excluding hydrogens is 763 g/mol. The van der Waals surface area contributed by atoms with Gasteiger partial charge in [0.05, 0.1) is 26.6 Å². The molecule has 0 radical (unpaired) electrons. The fourth-order valence-corrected chi connectivity index (χ4v) is 15.8. The second-order valence-electron chi connectivity index (χ2n) is 16.2. The van der Waals surface area contributed by atoms with Crippen molar-refractivity contribution in [2.24, 2.45) is 0 Å². The largest absolute Gasteiger partial charge is 0.456 e. The summed E-state index contributed by atoms with van der Waals surface area (Å²) in [7, 11) is -6.67. The van der Waals surface area contributed by atoms with Gasteiger partial charge in [-0.15, -0.1) is 0 Å². The van der Waals surface area contributed by atoms with Crippen molar-refractivity contribution in [3.8, 4) is 34.1 Å². The quantitative estimate of drug-likeness (QED) is 0.166. The molecule has 2 heterocycles. The van der Waals surface area contributed by atoms with Gasteiger partial charge in [0.15, 0.2) is 14.3 Å². The molecule has 2 aliphatic heterocycles. The van der Waals surface area contributed by atoms with Gasteiger partial charge in [-0.2, -0.15) is 0 Å². The highest BCUT2D eigenvalue weighted by Crippen LogP contribution is 2.58. The van der Waals surface area contributed by atoms with Crippen molar-refractivity contribution in [1.82, 2.24) is 0 Å². The van der Waals surface area contributed by atoms with Crippen LogP contribution in [0.4, 0.5) is 0 Å². The number of hydrogen-bond donors (Lipinski definition) is 0. The van der Waals surface area contributed by atoms with Crippen LogP contribution in [0.15, 0.2) is 170 Å². The SMILES string of the molecule is Cc1ccc2c(c1)P(=O)(c1ccc(C3(c4ccc(P5(=O)c6cc(C)ccc6Oc6ccc(C)cc65)cc4)c4ccccc4-c4ccccc43)cc1)c1cc(C)ccc1O2. The first-order valence-corrected chi connectivity index (χ1v) is 23.4. The summed E-state index contributed by atoms with van der Waals surface area (Å²) < 4.78 is 44.5. The Morgan fingerprint density at radius 3 is 1.00 bits per heavy atom. The van der Waals surface area contributed by atoms with Gasteiger partial charge in [0.25, 0.3) is 0 Å². The van der Waals surface area contributed by atoms with Crippen molar-refractivity contribution in [2.75, 3.05) is 0 Å². The van der Waals surface area contributed by atoms with Crippen molar-refractivity contribution in [3.63, 3.8) is 0 Å². The molecule has 6 heteroatoms. The Balaban J connectivity index is 1.12. The van der Waals surface area contributed by atoms with Gasteiger partial charge in [-0.1, -0.05) is 144 Å². The van der Waals surface area contributed by atoms with Crippen LogP contribution in [0.1, 0.15) is 44.5 Å². The third-order valence-corrected chi connectivity index (χ3v) is 18.7. The van der Waals surface area contributed by atoms with E-state index in [9.17, 15) is 0 Å². The summed E-state index contributed by atoms with van der Waals surface area (Å²) in [4.78, 5) is 0. The molecule has 0 atom stereocenters. The summed E-state index contributed by atoms with van der Waals surface area (Å²) in [6, 6.07) is 58.1. The van der Waals surface area contributed by atoms with E-state index in [1.54, 1.807) is 0 Å². The third kappa shape index (κ3) is 5.04. The van der Waals surface area contributed by atoms with Crippen LogP contribution in [0, 0.1) is 27.7 Å². The molecule has 11 rings (SSSR count). The molecule has 0 saturated heterocycles. The number of benzene rings is 8. The topological polar surface area (TPSA) is 52.6 Å². The molecule has 8 aromatic carbocycles. The molecule has 0 unspecified atom stereocenters. The molecule has 0 bridgehead atoms. The predicted octanol–water partition coefficient (Wildman–Crippen LogP) is 10.8. The Bertz CT molecular complexity index is 2840. The van der Waals surface area contributed by atoms with Crippen LogP contribution < -0.4 is 41.3 Å². The summed E-state index contributed by atoms with van der Waals surface area (Å²) >= 11 is 0. The summed E-state index contributed by atoms with van der Waals surface area (Å²) in [5.41, 5.74) is 10.2. The van der Waals surface area contributed by atoms with E-state index < -0.39 is 19.7 Å².